The number of hydrogen-bond donors (Lipinski definition) is 2. The fourth-order valence-electron chi connectivity index (χ4n) is 1.53. The third-order valence-corrected chi connectivity index (χ3v) is 4.48. The van der Waals surface area contributed by atoms with Crippen LogP contribution in [0.3, 0.4) is 0 Å². The summed E-state index contributed by atoms with van der Waals surface area (Å²) in [7, 11) is 0. The van der Waals surface area contributed by atoms with Crippen molar-refractivity contribution in [3.05, 3.63) is 39.7 Å². The largest absolute Gasteiger partial charge is 0.318 e. The Morgan fingerprint density at radius 3 is 2.95 bits per heavy atom. The number of anilines is 1. The molecule has 1 aromatic heterocycles. The number of nitro benzene ring substituents is 1. The molecule has 0 aliphatic heterocycles. The zero-order valence-electron chi connectivity index (χ0n) is 10.7. The van der Waals surface area contributed by atoms with Crippen LogP contribution < -0.4 is 11.3 Å². The molecule has 0 atom stereocenters. The normalized spacial score (nSPS) is 10.5. The monoisotopic (exact) mass is 311 g/mol. The molecule has 106 valence electrons. The molecule has 0 unspecified atom stereocenters. The first-order chi connectivity index (χ1) is 9.63. The summed E-state index contributed by atoms with van der Waals surface area (Å²) in [6, 6.07) is 4.84. The first-order valence-corrected chi connectivity index (χ1v) is 7.59. The average molecular weight is 311 g/mol. The zero-order valence-corrected chi connectivity index (χ0v) is 12.3. The minimum atomic E-state index is -0.468. The van der Waals surface area contributed by atoms with E-state index in [1.807, 2.05) is 6.92 Å². The molecule has 0 saturated heterocycles. The van der Waals surface area contributed by atoms with Crippen molar-refractivity contribution in [2.45, 2.75) is 23.4 Å². The van der Waals surface area contributed by atoms with Crippen LogP contribution in [0.5, 0.6) is 0 Å². The van der Waals surface area contributed by atoms with Gasteiger partial charge in [0.15, 0.2) is 4.34 Å². The Hall–Kier alpha value is -1.71. The van der Waals surface area contributed by atoms with Crippen LogP contribution in [0.4, 0.5) is 11.4 Å². The molecule has 1 aromatic carbocycles. The van der Waals surface area contributed by atoms with Gasteiger partial charge in [-0.15, -0.1) is 0 Å². The molecule has 2 aromatic rings. The average Bonchev–Trinajstić information content (AvgIpc) is 2.92. The van der Waals surface area contributed by atoms with Crippen LogP contribution in [0, 0.1) is 10.1 Å². The molecular weight excluding hydrogens is 298 g/mol. The van der Waals surface area contributed by atoms with E-state index in [1.54, 1.807) is 23.9 Å². The molecule has 0 radical (unpaired) electrons. The van der Waals surface area contributed by atoms with Gasteiger partial charge in [-0.3, -0.25) is 16.0 Å². The van der Waals surface area contributed by atoms with E-state index < -0.39 is 4.92 Å². The number of nitrogens with two attached hydrogens (primary N) is 1. The maximum absolute atomic E-state index is 10.8. The van der Waals surface area contributed by atoms with Crippen molar-refractivity contribution in [1.29, 1.82) is 0 Å². The number of hydrogen-bond acceptors (Lipinski definition) is 8. The zero-order chi connectivity index (χ0) is 14.5. The fraction of sp³-hybridized carbons (Fsp3) is 0.273. The van der Waals surface area contributed by atoms with E-state index in [-0.39, 0.29) is 5.69 Å². The first-order valence-electron chi connectivity index (χ1n) is 5.83. The van der Waals surface area contributed by atoms with Crippen LogP contribution in [-0.4, -0.2) is 14.3 Å². The lowest BCUT2D eigenvalue weighted by Gasteiger charge is -2.04. The second-order valence-corrected chi connectivity index (χ2v) is 5.85. The second kappa shape index (κ2) is 6.64. The first kappa shape index (κ1) is 14.7. The summed E-state index contributed by atoms with van der Waals surface area (Å²) in [5.74, 6) is 6.80. The van der Waals surface area contributed by atoms with E-state index in [2.05, 4.69) is 14.8 Å². The Morgan fingerprint density at radius 2 is 2.35 bits per heavy atom. The highest BCUT2D eigenvalue weighted by molar-refractivity contribution is 8.00. The standard InChI is InChI=1S/C11H13N5O2S2/c1-2-10-13-11(20-15-10)19-6-7-3-4-9(16(17)18)8(5-7)14-12/h3-5,14H,2,6,12H2,1H3. The van der Waals surface area contributed by atoms with E-state index in [1.165, 1.54) is 17.6 Å². The van der Waals surface area contributed by atoms with Crippen LogP contribution >= 0.6 is 23.3 Å². The molecule has 0 amide bonds. The Morgan fingerprint density at radius 1 is 1.55 bits per heavy atom. The van der Waals surface area contributed by atoms with Gasteiger partial charge in [-0.05, 0) is 23.2 Å². The maximum Gasteiger partial charge on any atom is 0.293 e. The number of nitrogen functional groups attached to an aromatic ring is 1. The molecule has 3 N–H and O–H groups in total. The van der Waals surface area contributed by atoms with Crippen LogP contribution in [0.2, 0.25) is 0 Å². The van der Waals surface area contributed by atoms with E-state index in [0.29, 0.717) is 11.4 Å². The lowest BCUT2D eigenvalue weighted by atomic mass is 10.2. The highest BCUT2D eigenvalue weighted by atomic mass is 32.2. The molecule has 20 heavy (non-hydrogen) atoms. The van der Waals surface area contributed by atoms with Gasteiger partial charge < -0.3 is 5.43 Å². The minimum absolute atomic E-state index is 0.0366. The smallest absolute Gasteiger partial charge is 0.293 e. The minimum Gasteiger partial charge on any atom is -0.318 e. The molecule has 0 fully saturated rings. The highest BCUT2D eigenvalue weighted by Gasteiger charge is 2.13. The highest BCUT2D eigenvalue weighted by Crippen LogP contribution is 2.29. The van der Waals surface area contributed by atoms with Crippen LogP contribution in [0.25, 0.3) is 0 Å². The molecule has 0 saturated carbocycles. The van der Waals surface area contributed by atoms with Crippen molar-refractivity contribution in [2.24, 2.45) is 5.84 Å². The van der Waals surface area contributed by atoms with Crippen molar-refractivity contribution < 1.29 is 4.92 Å². The number of thioether (sulfide) groups is 1. The number of aromatic nitrogens is 2. The van der Waals surface area contributed by atoms with Gasteiger partial charge in [-0.25, -0.2) is 4.98 Å². The molecule has 1 heterocycles. The summed E-state index contributed by atoms with van der Waals surface area (Å²) in [6.07, 6.45) is 0.815. The Bertz CT molecular complexity index is 617. The van der Waals surface area contributed by atoms with E-state index in [9.17, 15) is 10.1 Å². The number of nitrogens with zero attached hydrogens (tertiary/aromatic N) is 3. The van der Waals surface area contributed by atoms with E-state index in [4.69, 9.17) is 5.84 Å². The topological polar surface area (TPSA) is 107 Å². The van der Waals surface area contributed by atoms with Crippen molar-refractivity contribution >= 4 is 34.7 Å². The summed E-state index contributed by atoms with van der Waals surface area (Å²) < 4.78 is 5.10. The quantitative estimate of drug-likeness (QED) is 0.365. The Balaban J connectivity index is 2.08. The Labute approximate surface area is 123 Å². The second-order valence-electron chi connectivity index (χ2n) is 3.87. The molecule has 0 bridgehead atoms. The number of rotatable bonds is 6. The maximum atomic E-state index is 10.8. The number of nitrogens with one attached hydrogen (secondary N) is 1. The molecule has 0 aliphatic carbocycles. The van der Waals surface area contributed by atoms with Gasteiger partial charge in [0.2, 0.25) is 0 Å². The van der Waals surface area contributed by atoms with Gasteiger partial charge >= 0.3 is 0 Å². The van der Waals surface area contributed by atoms with Gasteiger partial charge in [-0.2, -0.15) is 4.37 Å². The van der Waals surface area contributed by atoms with E-state index in [0.717, 1.165) is 22.1 Å². The summed E-state index contributed by atoms with van der Waals surface area (Å²) in [6.45, 7) is 2.01. The summed E-state index contributed by atoms with van der Waals surface area (Å²) >= 11 is 2.91. The van der Waals surface area contributed by atoms with Gasteiger partial charge in [0.25, 0.3) is 5.69 Å². The van der Waals surface area contributed by atoms with E-state index >= 15 is 0 Å². The van der Waals surface area contributed by atoms with Crippen molar-refractivity contribution in [2.75, 3.05) is 5.43 Å². The van der Waals surface area contributed by atoms with Gasteiger partial charge in [0.1, 0.15) is 11.5 Å². The van der Waals surface area contributed by atoms with Gasteiger partial charge in [0.05, 0.1) is 4.92 Å². The number of hydrazine groups is 1. The lowest BCUT2D eigenvalue weighted by molar-refractivity contribution is -0.384. The fourth-order valence-corrected chi connectivity index (χ4v) is 3.17. The summed E-state index contributed by atoms with van der Waals surface area (Å²) in [5.41, 5.74) is 3.55. The van der Waals surface area contributed by atoms with Crippen LogP contribution in [0.15, 0.2) is 22.5 Å². The number of aryl methyl sites for hydroxylation is 1. The molecular formula is C11H13N5O2S2. The SMILES string of the molecule is CCc1nsc(SCc2ccc([N+](=O)[O-])c(NN)c2)n1. The Kier molecular flexibility index (Phi) is 4.88. The van der Waals surface area contributed by atoms with Gasteiger partial charge in [0, 0.05) is 18.2 Å². The van der Waals surface area contributed by atoms with Gasteiger partial charge in [-0.1, -0.05) is 24.8 Å². The summed E-state index contributed by atoms with van der Waals surface area (Å²) in [4.78, 5) is 14.7. The van der Waals surface area contributed by atoms with Crippen LogP contribution in [0.1, 0.15) is 18.3 Å². The summed E-state index contributed by atoms with van der Waals surface area (Å²) in [5, 5.41) is 10.8. The lowest BCUT2D eigenvalue weighted by Crippen LogP contribution is -2.09. The predicted molar refractivity (Wildman–Crippen MR) is 79.8 cm³/mol. The third-order valence-electron chi connectivity index (χ3n) is 2.54. The van der Waals surface area contributed by atoms with Crippen molar-refractivity contribution in [3.63, 3.8) is 0 Å². The van der Waals surface area contributed by atoms with Crippen molar-refractivity contribution in [3.8, 4) is 0 Å². The molecule has 2 rings (SSSR count). The van der Waals surface area contributed by atoms with Crippen molar-refractivity contribution in [1.82, 2.24) is 9.36 Å². The third kappa shape index (κ3) is 3.44. The predicted octanol–water partition coefficient (Wildman–Crippen LogP) is 2.59. The number of nitro groups is 1. The molecule has 9 heteroatoms. The number of benzene rings is 1. The molecule has 0 aliphatic rings. The molecule has 7 nitrogen and oxygen atoms in total. The van der Waals surface area contributed by atoms with Crippen LogP contribution in [-0.2, 0) is 12.2 Å². The molecule has 0 spiro atoms.